The molecule has 0 aliphatic rings. The van der Waals surface area contributed by atoms with Crippen LogP contribution in [0.25, 0.3) is 11.1 Å². The van der Waals surface area contributed by atoms with Crippen LogP contribution in [0.2, 0.25) is 0 Å². The number of carbonyl (C=O) groups is 1. The molecular formula is C14H13BO2. The fourth-order valence-electron chi connectivity index (χ4n) is 1.82. The third kappa shape index (κ3) is 2.56. The Bertz CT molecular complexity index is 559. The molecule has 0 saturated carbocycles. The molecule has 0 atom stereocenters. The molecule has 0 aliphatic heterocycles. The molecule has 0 unspecified atom stereocenters. The van der Waals surface area contributed by atoms with Gasteiger partial charge >= 0.3 is 5.97 Å². The molecule has 3 heteroatoms. The van der Waals surface area contributed by atoms with Crippen molar-refractivity contribution in [2.24, 2.45) is 0 Å². The standard InChI is InChI=1S/C14H13BO2/c1-9-2-4-10(5-3-9)11-6-12(14(16)17)8-13(15)7-11/h2-8H,15H2,1H3,(H,16,17). The highest BCUT2D eigenvalue weighted by Gasteiger charge is 2.06. The van der Waals surface area contributed by atoms with Gasteiger partial charge in [-0.25, -0.2) is 4.79 Å². The number of rotatable bonds is 2. The summed E-state index contributed by atoms with van der Waals surface area (Å²) in [6.07, 6.45) is 0. The van der Waals surface area contributed by atoms with Crippen molar-refractivity contribution >= 4 is 19.3 Å². The number of benzene rings is 2. The van der Waals surface area contributed by atoms with Crippen molar-refractivity contribution in [2.45, 2.75) is 6.92 Å². The van der Waals surface area contributed by atoms with E-state index in [2.05, 4.69) is 0 Å². The lowest BCUT2D eigenvalue weighted by molar-refractivity contribution is 0.0697. The fraction of sp³-hybridized carbons (Fsp3) is 0.0714. The van der Waals surface area contributed by atoms with E-state index in [1.54, 1.807) is 12.1 Å². The Morgan fingerprint density at radius 2 is 1.71 bits per heavy atom. The second-order valence-corrected chi connectivity index (χ2v) is 4.26. The monoisotopic (exact) mass is 224 g/mol. The summed E-state index contributed by atoms with van der Waals surface area (Å²) in [5.74, 6) is -0.887. The van der Waals surface area contributed by atoms with Gasteiger partial charge in [-0.05, 0) is 24.1 Å². The summed E-state index contributed by atoms with van der Waals surface area (Å²) in [4.78, 5) is 11.0. The van der Waals surface area contributed by atoms with Crippen LogP contribution < -0.4 is 5.46 Å². The number of hydrogen-bond acceptors (Lipinski definition) is 1. The zero-order valence-corrected chi connectivity index (χ0v) is 9.90. The Kier molecular flexibility index (Phi) is 3.00. The molecule has 0 bridgehead atoms. The first-order chi connectivity index (χ1) is 8.06. The zero-order chi connectivity index (χ0) is 12.4. The van der Waals surface area contributed by atoms with Crippen LogP contribution in [0.4, 0.5) is 0 Å². The van der Waals surface area contributed by atoms with Crippen LogP contribution in [0.15, 0.2) is 42.5 Å². The highest BCUT2D eigenvalue weighted by atomic mass is 16.4. The molecule has 0 amide bonds. The van der Waals surface area contributed by atoms with Gasteiger partial charge in [0.05, 0.1) is 5.56 Å². The molecule has 0 spiro atoms. The Labute approximate surface area is 101 Å². The number of aromatic carboxylic acids is 1. The van der Waals surface area contributed by atoms with Gasteiger partial charge in [0.2, 0.25) is 0 Å². The van der Waals surface area contributed by atoms with Gasteiger partial charge in [0.1, 0.15) is 7.85 Å². The van der Waals surface area contributed by atoms with Gasteiger partial charge in [0.15, 0.2) is 0 Å². The molecule has 1 N–H and O–H groups in total. The Morgan fingerprint density at radius 1 is 1.06 bits per heavy atom. The Hall–Kier alpha value is -2.03. The maximum Gasteiger partial charge on any atom is 0.335 e. The van der Waals surface area contributed by atoms with E-state index in [1.165, 1.54) is 5.56 Å². The van der Waals surface area contributed by atoms with E-state index in [9.17, 15) is 4.79 Å². The number of aryl methyl sites for hydroxylation is 1. The van der Waals surface area contributed by atoms with Crippen molar-refractivity contribution in [3.63, 3.8) is 0 Å². The van der Waals surface area contributed by atoms with Crippen LogP contribution in [-0.2, 0) is 0 Å². The third-order valence-electron chi connectivity index (χ3n) is 2.71. The fourth-order valence-corrected chi connectivity index (χ4v) is 1.82. The van der Waals surface area contributed by atoms with Crippen LogP contribution in [-0.4, -0.2) is 18.9 Å². The number of carboxylic acids is 1. The zero-order valence-electron chi connectivity index (χ0n) is 9.90. The van der Waals surface area contributed by atoms with Crippen LogP contribution in [0.1, 0.15) is 15.9 Å². The predicted molar refractivity (Wildman–Crippen MR) is 71.8 cm³/mol. The lowest BCUT2D eigenvalue weighted by Crippen LogP contribution is -2.07. The first-order valence-corrected chi connectivity index (χ1v) is 5.48. The highest BCUT2D eigenvalue weighted by Crippen LogP contribution is 2.20. The minimum absolute atomic E-state index is 0.334. The van der Waals surface area contributed by atoms with E-state index in [4.69, 9.17) is 5.11 Å². The van der Waals surface area contributed by atoms with E-state index in [0.29, 0.717) is 5.56 Å². The smallest absolute Gasteiger partial charge is 0.335 e. The van der Waals surface area contributed by atoms with Crippen molar-refractivity contribution in [3.05, 3.63) is 53.6 Å². The van der Waals surface area contributed by atoms with Crippen LogP contribution in [0.5, 0.6) is 0 Å². The molecule has 0 fully saturated rings. The highest BCUT2D eigenvalue weighted by molar-refractivity contribution is 6.33. The molecule has 2 nitrogen and oxygen atoms in total. The average molecular weight is 224 g/mol. The first-order valence-electron chi connectivity index (χ1n) is 5.48. The second-order valence-electron chi connectivity index (χ2n) is 4.26. The average Bonchev–Trinajstić information content (AvgIpc) is 2.29. The van der Waals surface area contributed by atoms with Gasteiger partial charge in [-0.15, -0.1) is 0 Å². The topological polar surface area (TPSA) is 37.3 Å². The Balaban J connectivity index is 2.51. The molecular weight excluding hydrogens is 211 g/mol. The van der Waals surface area contributed by atoms with E-state index in [0.717, 1.165) is 16.6 Å². The summed E-state index contributed by atoms with van der Waals surface area (Å²) in [5.41, 5.74) is 4.48. The SMILES string of the molecule is Bc1cc(C(=O)O)cc(-c2ccc(C)cc2)c1. The number of hydrogen-bond donors (Lipinski definition) is 1. The van der Waals surface area contributed by atoms with Gasteiger partial charge in [0, 0.05) is 0 Å². The second kappa shape index (κ2) is 4.46. The van der Waals surface area contributed by atoms with Crippen LogP contribution in [0, 0.1) is 6.92 Å². The summed E-state index contributed by atoms with van der Waals surface area (Å²) in [6.45, 7) is 2.03. The summed E-state index contributed by atoms with van der Waals surface area (Å²) in [5, 5.41) is 9.02. The first kappa shape index (κ1) is 11.5. The minimum Gasteiger partial charge on any atom is -0.478 e. The summed E-state index contributed by atoms with van der Waals surface area (Å²) in [6, 6.07) is 13.5. The number of carboxylic acid groups (broad SMARTS) is 1. The Morgan fingerprint density at radius 3 is 2.29 bits per heavy atom. The molecule has 17 heavy (non-hydrogen) atoms. The summed E-state index contributed by atoms with van der Waals surface area (Å²) in [7, 11) is 1.91. The molecule has 0 radical (unpaired) electrons. The quantitative estimate of drug-likeness (QED) is 0.787. The molecule has 2 aromatic rings. The van der Waals surface area contributed by atoms with E-state index in [-0.39, 0.29) is 0 Å². The largest absolute Gasteiger partial charge is 0.478 e. The molecule has 2 rings (SSSR count). The molecule has 0 aromatic heterocycles. The normalized spacial score (nSPS) is 10.2. The van der Waals surface area contributed by atoms with Gasteiger partial charge in [0.25, 0.3) is 0 Å². The van der Waals surface area contributed by atoms with E-state index >= 15 is 0 Å². The van der Waals surface area contributed by atoms with Gasteiger partial charge in [-0.1, -0.05) is 47.4 Å². The summed E-state index contributed by atoms with van der Waals surface area (Å²) >= 11 is 0. The van der Waals surface area contributed by atoms with Crippen LogP contribution >= 0.6 is 0 Å². The molecule has 2 aromatic carbocycles. The van der Waals surface area contributed by atoms with Crippen molar-refractivity contribution in [3.8, 4) is 11.1 Å². The van der Waals surface area contributed by atoms with E-state index in [1.807, 2.05) is 45.1 Å². The minimum atomic E-state index is -0.887. The van der Waals surface area contributed by atoms with Crippen molar-refractivity contribution in [1.29, 1.82) is 0 Å². The summed E-state index contributed by atoms with van der Waals surface area (Å²) < 4.78 is 0. The van der Waals surface area contributed by atoms with Gasteiger partial charge < -0.3 is 5.11 Å². The predicted octanol–water partition coefficient (Wildman–Crippen LogP) is 1.62. The maximum absolute atomic E-state index is 11.0. The maximum atomic E-state index is 11.0. The molecule has 0 aliphatic carbocycles. The molecule has 84 valence electrons. The van der Waals surface area contributed by atoms with Crippen LogP contribution in [0.3, 0.4) is 0 Å². The van der Waals surface area contributed by atoms with E-state index < -0.39 is 5.97 Å². The lowest BCUT2D eigenvalue weighted by atomic mass is 9.90. The van der Waals surface area contributed by atoms with Crippen molar-refractivity contribution in [2.75, 3.05) is 0 Å². The van der Waals surface area contributed by atoms with Crippen molar-refractivity contribution < 1.29 is 9.90 Å². The molecule has 0 saturated heterocycles. The van der Waals surface area contributed by atoms with Gasteiger partial charge in [-0.2, -0.15) is 0 Å². The third-order valence-corrected chi connectivity index (χ3v) is 2.71. The van der Waals surface area contributed by atoms with Gasteiger partial charge in [-0.3, -0.25) is 0 Å². The van der Waals surface area contributed by atoms with Crippen molar-refractivity contribution in [1.82, 2.24) is 0 Å². The molecule has 0 heterocycles. The lowest BCUT2D eigenvalue weighted by Gasteiger charge is -2.06.